The largest absolute Gasteiger partial charge is 0.506 e. The topological polar surface area (TPSA) is 90.9 Å². The predicted molar refractivity (Wildman–Crippen MR) is 112 cm³/mol. The molecule has 0 saturated heterocycles. The molecule has 0 atom stereocenters. The number of fused-ring (bicyclic) bond motifs is 1. The molecule has 2 aliphatic rings. The van der Waals surface area contributed by atoms with Crippen LogP contribution in [0.25, 0.3) is 0 Å². The van der Waals surface area contributed by atoms with Gasteiger partial charge in [-0.25, -0.2) is 0 Å². The number of benzene rings is 1. The van der Waals surface area contributed by atoms with Gasteiger partial charge in [0.2, 0.25) is 5.91 Å². The average molecular weight is 402 g/mol. The van der Waals surface area contributed by atoms with E-state index in [1.807, 2.05) is 11.0 Å². The molecule has 0 unspecified atom stereocenters. The quantitative estimate of drug-likeness (QED) is 0.270. The van der Waals surface area contributed by atoms with Crippen LogP contribution in [0.2, 0.25) is 0 Å². The Morgan fingerprint density at radius 2 is 2.03 bits per heavy atom. The summed E-state index contributed by atoms with van der Waals surface area (Å²) in [5.41, 5.74) is 1.27. The Morgan fingerprint density at radius 3 is 2.76 bits per heavy atom. The molecular weight excluding hydrogens is 370 g/mol. The highest BCUT2D eigenvalue weighted by molar-refractivity contribution is 5.97. The number of nitrogens with one attached hydrogen (secondary N) is 2. The van der Waals surface area contributed by atoms with Gasteiger partial charge in [-0.05, 0) is 43.5 Å². The van der Waals surface area contributed by atoms with Crippen molar-refractivity contribution in [1.82, 2.24) is 10.2 Å². The fourth-order valence-electron chi connectivity index (χ4n) is 4.12. The van der Waals surface area contributed by atoms with Crippen LogP contribution in [-0.4, -0.2) is 54.1 Å². The number of amides is 2. The second-order valence-electron chi connectivity index (χ2n) is 7.67. The summed E-state index contributed by atoms with van der Waals surface area (Å²) in [6, 6.07) is 3.69. The maximum absolute atomic E-state index is 12.3. The third kappa shape index (κ3) is 5.50. The number of rotatable bonds is 8. The summed E-state index contributed by atoms with van der Waals surface area (Å²) in [5.74, 6) is 0.282. The summed E-state index contributed by atoms with van der Waals surface area (Å²) < 4.78 is 5.52. The number of phenolic OH excluding ortho intramolecular Hbond substituents is 1. The maximum atomic E-state index is 12.3. The number of phenols is 1. The molecule has 0 spiro atoms. The number of nitrogens with zero attached hydrogens (tertiary/aromatic N) is 1. The summed E-state index contributed by atoms with van der Waals surface area (Å²) in [7, 11) is 0. The number of carbonyl (C=O) groups is 2. The second kappa shape index (κ2) is 10.3. The summed E-state index contributed by atoms with van der Waals surface area (Å²) in [6.45, 7) is 5.69. The van der Waals surface area contributed by atoms with E-state index in [9.17, 15) is 14.7 Å². The molecule has 2 amide bonds. The van der Waals surface area contributed by atoms with Gasteiger partial charge in [0.1, 0.15) is 11.4 Å². The fourth-order valence-corrected chi connectivity index (χ4v) is 4.12. The van der Waals surface area contributed by atoms with Crippen molar-refractivity contribution in [3.8, 4) is 11.5 Å². The van der Waals surface area contributed by atoms with E-state index in [0.717, 1.165) is 18.4 Å². The number of ether oxygens (including phenoxy) is 1. The Hall–Kier alpha value is -2.54. The van der Waals surface area contributed by atoms with Crippen LogP contribution in [-0.2, 0) is 16.0 Å². The molecule has 1 aliphatic heterocycles. The van der Waals surface area contributed by atoms with Gasteiger partial charge < -0.3 is 25.4 Å². The van der Waals surface area contributed by atoms with Crippen LogP contribution in [0.5, 0.6) is 11.5 Å². The van der Waals surface area contributed by atoms with Crippen LogP contribution in [0.3, 0.4) is 0 Å². The number of carbonyl (C=O) groups excluding carboxylic acids is 2. The Kier molecular flexibility index (Phi) is 7.52. The first-order valence-corrected chi connectivity index (χ1v) is 10.5. The fraction of sp³-hybridized carbons (Fsp3) is 0.545. The minimum atomic E-state index is -0.270. The predicted octanol–water partition coefficient (Wildman–Crippen LogP) is 2.59. The van der Waals surface area contributed by atoms with E-state index in [-0.39, 0.29) is 24.2 Å². The molecule has 1 saturated carbocycles. The van der Waals surface area contributed by atoms with Crippen molar-refractivity contribution < 1.29 is 19.4 Å². The van der Waals surface area contributed by atoms with Gasteiger partial charge in [0.25, 0.3) is 5.91 Å². The van der Waals surface area contributed by atoms with Crippen molar-refractivity contribution in [3.05, 3.63) is 30.4 Å². The molecular formula is C22H31N3O4. The molecule has 1 aromatic rings. The summed E-state index contributed by atoms with van der Waals surface area (Å²) in [5, 5.41) is 16.0. The van der Waals surface area contributed by atoms with Crippen molar-refractivity contribution in [2.45, 2.75) is 51.0 Å². The number of hydrogen-bond acceptors (Lipinski definition) is 5. The summed E-state index contributed by atoms with van der Waals surface area (Å²) >= 11 is 0. The van der Waals surface area contributed by atoms with Gasteiger partial charge in [0, 0.05) is 19.1 Å². The minimum absolute atomic E-state index is 0.00624. The molecule has 3 N–H and O–H groups in total. The number of aromatic hydroxyl groups is 1. The molecule has 1 heterocycles. The molecule has 1 aromatic carbocycles. The van der Waals surface area contributed by atoms with E-state index in [4.69, 9.17) is 4.74 Å². The minimum Gasteiger partial charge on any atom is -0.506 e. The van der Waals surface area contributed by atoms with Gasteiger partial charge in [-0.3, -0.25) is 9.59 Å². The third-order valence-electron chi connectivity index (χ3n) is 5.65. The zero-order chi connectivity index (χ0) is 20.6. The molecule has 7 nitrogen and oxygen atoms in total. The van der Waals surface area contributed by atoms with Gasteiger partial charge in [-0.15, -0.1) is 0 Å². The third-order valence-corrected chi connectivity index (χ3v) is 5.65. The molecule has 0 radical (unpaired) electrons. The molecule has 7 heteroatoms. The lowest BCUT2D eigenvalue weighted by Crippen LogP contribution is -2.43. The number of hydrogen-bond donors (Lipinski definition) is 3. The second-order valence-corrected chi connectivity index (χ2v) is 7.67. The molecule has 0 aromatic heterocycles. The Balaban J connectivity index is 1.51. The van der Waals surface area contributed by atoms with Gasteiger partial charge >= 0.3 is 0 Å². The first-order chi connectivity index (χ1) is 14.1. The molecule has 158 valence electrons. The van der Waals surface area contributed by atoms with Crippen LogP contribution in [0.15, 0.2) is 24.8 Å². The van der Waals surface area contributed by atoms with Crippen LogP contribution in [0, 0.1) is 0 Å². The van der Waals surface area contributed by atoms with E-state index in [2.05, 4.69) is 17.2 Å². The highest BCUT2D eigenvalue weighted by Crippen LogP contribution is 2.39. The van der Waals surface area contributed by atoms with Crippen molar-refractivity contribution in [2.24, 2.45) is 0 Å². The lowest BCUT2D eigenvalue weighted by molar-refractivity contribution is -0.128. The normalized spacial score (nSPS) is 16.9. The van der Waals surface area contributed by atoms with Crippen LogP contribution in [0.1, 0.15) is 44.1 Å². The highest BCUT2D eigenvalue weighted by Gasteiger charge is 2.23. The Morgan fingerprint density at radius 1 is 1.28 bits per heavy atom. The maximum Gasteiger partial charge on any atom is 0.262 e. The van der Waals surface area contributed by atoms with Crippen molar-refractivity contribution >= 4 is 17.5 Å². The van der Waals surface area contributed by atoms with E-state index < -0.39 is 0 Å². The summed E-state index contributed by atoms with van der Waals surface area (Å²) in [6.07, 6.45) is 9.12. The van der Waals surface area contributed by atoms with Crippen LogP contribution >= 0.6 is 0 Å². The lowest BCUT2D eigenvalue weighted by atomic mass is 10.1. The van der Waals surface area contributed by atoms with E-state index in [0.29, 0.717) is 43.5 Å². The molecule has 1 aliphatic carbocycles. The Bertz CT molecular complexity index is 742. The molecule has 3 rings (SSSR count). The zero-order valence-corrected chi connectivity index (χ0v) is 16.9. The van der Waals surface area contributed by atoms with Gasteiger partial charge in [-0.2, -0.15) is 0 Å². The smallest absolute Gasteiger partial charge is 0.262 e. The first-order valence-electron chi connectivity index (χ1n) is 10.5. The van der Waals surface area contributed by atoms with Crippen LogP contribution < -0.4 is 15.4 Å². The average Bonchev–Trinajstić information content (AvgIpc) is 3.01. The van der Waals surface area contributed by atoms with E-state index >= 15 is 0 Å². The van der Waals surface area contributed by atoms with Gasteiger partial charge in [0.15, 0.2) is 12.4 Å². The summed E-state index contributed by atoms with van der Waals surface area (Å²) in [4.78, 5) is 25.8. The van der Waals surface area contributed by atoms with Crippen LogP contribution in [0.4, 0.5) is 5.69 Å². The molecule has 1 fully saturated rings. The zero-order valence-electron chi connectivity index (χ0n) is 16.9. The van der Waals surface area contributed by atoms with Gasteiger partial charge in [-0.1, -0.05) is 38.3 Å². The highest BCUT2D eigenvalue weighted by atomic mass is 16.5. The van der Waals surface area contributed by atoms with Crippen molar-refractivity contribution in [2.75, 3.05) is 31.6 Å². The molecule has 29 heavy (non-hydrogen) atoms. The first kappa shape index (κ1) is 21.2. The SMILES string of the molecule is C=CC(=O)N(CCNCCc1ccc(O)c2c1OCC(=O)N2)C1CCCCCC1. The van der Waals surface area contributed by atoms with Crippen molar-refractivity contribution in [1.29, 1.82) is 0 Å². The molecule has 0 bridgehead atoms. The van der Waals surface area contributed by atoms with Gasteiger partial charge in [0.05, 0.1) is 0 Å². The Labute approximate surface area is 172 Å². The van der Waals surface area contributed by atoms with Crippen molar-refractivity contribution in [3.63, 3.8) is 0 Å². The lowest BCUT2D eigenvalue weighted by Gasteiger charge is -2.30. The standard InChI is InChI=1S/C22H31N3O4/c1-2-20(28)25(17-7-5-3-4-6-8-17)14-13-23-12-11-16-9-10-18(26)21-22(16)29-15-19(27)24-21/h2,9-10,17,23,26H,1,3-8,11-15H2,(H,24,27). The monoisotopic (exact) mass is 401 g/mol. The number of anilines is 1. The van der Waals surface area contributed by atoms with E-state index in [1.54, 1.807) is 6.07 Å². The van der Waals surface area contributed by atoms with E-state index in [1.165, 1.54) is 31.8 Å².